The van der Waals surface area contributed by atoms with Gasteiger partial charge in [-0.2, -0.15) is 0 Å². The van der Waals surface area contributed by atoms with Gasteiger partial charge in [-0.15, -0.1) is 5.73 Å². The van der Waals surface area contributed by atoms with Gasteiger partial charge in [0.2, 0.25) is 9.84 Å². The van der Waals surface area contributed by atoms with Crippen molar-refractivity contribution < 1.29 is 27.5 Å². The van der Waals surface area contributed by atoms with Crippen molar-refractivity contribution in [3.05, 3.63) is 78.0 Å². The number of hydrogen-bond acceptors (Lipinski definition) is 6. The molecule has 0 amide bonds. The highest BCUT2D eigenvalue weighted by molar-refractivity contribution is 8.00. The molecule has 0 radical (unpaired) electrons. The van der Waals surface area contributed by atoms with Crippen LogP contribution < -0.4 is 0 Å². The van der Waals surface area contributed by atoms with Crippen LogP contribution in [0, 0.1) is 5.92 Å². The molecule has 152 valence electrons. The summed E-state index contributed by atoms with van der Waals surface area (Å²) in [5, 5.41) is 0. The van der Waals surface area contributed by atoms with Crippen molar-refractivity contribution in [2.24, 2.45) is 5.92 Å². The van der Waals surface area contributed by atoms with Gasteiger partial charge in [0.25, 0.3) is 0 Å². The summed E-state index contributed by atoms with van der Waals surface area (Å²) in [5.74, 6) is -2.50. The molecule has 7 heteroatoms. The second-order valence-corrected chi connectivity index (χ2v) is 8.00. The third-order valence-corrected chi connectivity index (χ3v) is 6.21. The van der Waals surface area contributed by atoms with Crippen LogP contribution in [0.2, 0.25) is 0 Å². The Labute approximate surface area is 170 Å². The van der Waals surface area contributed by atoms with Crippen molar-refractivity contribution in [1.82, 2.24) is 0 Å². The fourth-order valence-electron chi connectivity index (χ4n) is 2.93. The monoisotopic (exact) mass is 414 g/mol. The molecular weight excluding hydrogens is 392 g/mol. The molecule has 6 nitrogen and oxygen atoms in total. The van der Waals surface area contributed by atoms with Gasteiger partial charge >= 0.3 is 11.9 Å². The summed E-state index contributed by atoms with van der Waals surface area (Å²) in [4.78, 5) is 23.9. The summed E-state index contributed by atoms with van der Waals surface area (Å²) in [5.41, 5.74) is 3.60. The summed E-state index contributed by atoms with van der Waals surface area (Å²) in [6.07, 6.45) is 0.354. The molecule has 2 rings (SSSR count). The van der Waals surface area contributed by atoms with E-state index in [0.717, 1.165) is 0 Å². The van der Waals surface area contributed by atoms with Crippen LogP contribution in [-0.2, 0) is 35.3 Å². The van der Waals surface area contributed by atoms with Crippen molar-refractivity contribution >= 4 is 26.7 Å². The highest BCUT2D eigenvalue weighted by Crippen LogP contribution is 2.30. The van der Waals surface area contributed by atoms with E-state index in [0.29, 0.717) is 11.1 Å². The minimum atomic E-state index is -3.85. The van der Waals surface area contributed by atoms with Gasteiger partial charge in [0.15, 0.2) is 5.92 Å². The third-order valence-electron chi connectivity index (χ3n) is 4.42. The number of esters is 2. The summed E-state index contributed by atoms with van der Waals surface area (Å²) < 4.78 is 35.5. The average Bonchev–Trinajstić information content (AvgIpc) is 2.75. The van der Waals surface area contributed by atoms with Crippen LogP contribution in [0.25, 0.3) is 4.91 Å². The van der Waals surface area contributed by atoms with Gasteiger partial charge in [0.1, 0.15) is 4.91 Å². The zero-order chi connectivity index (χ0) is 21.4. The van der Waals surface area contributed by atoms with Crippen LogP contribution in [0.4, 0.5) is 0 Å². The lowest BCUT2D eigenvalue weighted by molar-refractivity contribution is -0.159. The fourth-order valence-corrected chi connectivity index (χ4v) is 4.36. The molecule has 0 unspecified atom stereocenters. The van der Waals surface area contributed by atoms with E-state index in [4.69, 9.17) is 0 Å². The highest BCUT2D eigenvalue weighted by atomic mass is 32.2. The molecule has 0 bridgehead atoms. The number of ether oxygens (including phenoxy) is 2. The maximum absolute atomic E-state index is 13.1. The molecule has 0 saturated carbocycles. The second kappa shape index (κ2) is 9.87. The van der Waals surface area contributed by atoms with Crippen LogP contribution in [0.5, 0.6) is 0 Å². The molecule has 0 saturated heterocycles. The number of carbonyl (C=O) groups is 2. The normalized spacial score (nSPS) is 10.9. The molecule has 0 heterocycles. The van der Waals surface area contributed by atoms with E-state index in [2.05, 4.69) is 21.8 Å². The Hall–Kier alpha value is -3.15. The molecule has 0 fully saturated rings. The number of hydrogen-bond donors (Lipinski definition) is 0. The summed E-state index contributed by atoms with van der Waals surface area (Å²) in [6.45, 7) is 3.56. The van der Waals surface area contributed by atoms with E-state index in [1.807, 2.05) is 0 Å². The molecule has 0 aromatic heterocycles. The molecule has 0 N–H and O–H groups in total. The first-order chi connectivity index (χ1) is 13.9. The first-order valence-corrected chi connectivity index (χ1v) is 10.3. The number of methoxy groups -OCH3 is 2. The van der Waals surface area contributed by atoms with Crippen LogP contribution in [-0.4, -0.2) is 34.6 Å². The largest absolute Gasteiger partial charge is 0.468 e. The Morgan fingerprint density at radius 2 is 1.52 bits per heavy atom. The Kier molecular flexibility index (Phi) is 7.53. The van der Waals surface area contributed by atoms with E-state index in [1.165, 1.54) is 26.4 Å². The van der Waals surface area contributed by atoms with Gasteiger partial charge in [-0.3, -0.25) is 9.59 Å². The highest BCUT2D eigenvalue weighted by Gasteiger charge is 2.29. The van der Waals surface area contributed by atoms with E-state index in [1.54, 1.807) is 42.5 Å². The molecule has 0 atom stereocenters. The Morgan fingerprint density at radius 3 is 2.07 bits per heavy atom. The summed E-state index contributed by atoms with van der Waals surface area (Å²) >= 11 is 0. The molecule has 0 aliphatic heterocycles. The lowest BCUT2D eigenvalue weighted by Gasteiger charge is -2.15. The van der Waals surface area contributed by atoms with Gasteiger partial charge in [-0.05, 0) is 30.5 Å². The first kappa shape index (κ1) is 22.1. The smallest absolute Gasteiger partial charge is 0.320 e. The van der Waals surface area contributed by atoms with Gasteiger partial charge in [-0.1, -0.05) is 49.0 Å². The van der Waals surface area contributed by atoms with Crippen LogP contribution in [0.1, 0.15) is 17.5 Å². The molecule has 0 aliphatic rings. The van der Waals surface area contributed by atoms with Crippen LogP contribution in [0.3, 0.4) is 0 Å². The van der Waals surface area contributed by atoms with Crippen molar-refractivity contribution in [3.8, 4) is 0 Å². The van der Waals surface area contributed by atoms with Crippen molar-refractivity contribution in [1.29, 1.82) is 0 Å². The molecule has 2 aromatic carbocycles. The minimum Gasteiger partial charge on any atom is -0.468 e. The van der Waals surface area contributed by atoms with Gasteiger partial charge in [-0.25, -0.2) is 8.42 Å². The van der Waals surface area contributed by atoms with Crippen LogP contribution in [0.15, 0.2) is 71.8 Å². The number of aryl methyl sites for hydroxylation is 1. The van der Waals surface area contributed by atoms with E-state index in [9.17, 15) is 18.0 Å². The van der Waals surface area contributed by atoms with Gasteiger partial charge < -0.3 is 9.47 Å². The lowest BCUT2D eigenvalue weighted by atomic mass is 9.96. The fraction of sp³-hybridized carbons (Fsp3) is 0.227. The maximum atomic E-state index is 13.1. The Balaban J connectivity index is 2.40. The number of carbonyl (C=O) groups excluding carboxylic acids is 2. The molecule has 0 spiro atoms. The van der Waals surface area contributed by atoms with E-state index in [-0.39, 0.29) is 22.6 Å². The second-order valence-electron chi connectivity index (χ2n) is 6.12. The number of benzene rings is 2. The predicted octanol–water partition coefficient (Wildman–Crippen LogP) is 3.18. The summed E-state index contributed by atoms with van der Waals surface area (Å²) in [7, 11) is -1.46. The standard InChI is InChI=1S/C22H22O6S/c1-4-20(29(25,26)17-11-6-5-7-12-17)18-13-9-8-10-16(18)14-15-19(21(23)27-2)22(24)28-3/h5-13,19H,1,14-15H2,2-3H3. The predicted molar refractivity (Wildman–Crippen MR) is 108 cm³/mol. The van der Waals surface area contributed by atoms with Gasteiger partial charge in [0.05, 0.1) is 19.1 Å². The first-order valence-electron chi connectivity index (χ1n) is 8.81. The van der Waals surface area contributed by atoms with E-state index < -0.39 is 27.7 Å². The Bertz CT molecular complexity index is 1020. The van der Waals surface area contributed by atoms with Crippen molar-refractivity contribution in [2.45, 2.75) is 17.7 Å². The molecule has 2 aromatic rings. The van der Waals surface area contributed by atoms with Crippen LogP contribution >= 0.6 is 0 Å². The molecule has 0 aliphatic carbocycles. The maximum Gasteiger partial charge on any atom is 0.320 e. The lowest BCUT2D eigenvalue weighted by Crippen LogP contribution is -2.27. The third kappa shape index (κ3) is 5.02. The zero-order valence-corrected chi connectivity index (χ0v) is 17.1. The molecule has 29 heavy (non-hydrogen) atoms. The zero-order valence-electron chi connectivity index (χ0n) is 16.3. The topological polar surface area (TPSA) is 86.7 Å². The van der Waals surface area contributed by atoms with Crippen molar-refractivity contribution in [3.63, 3.8) is 0 Å². The number of rotatable bonds is 8. The summed E-state index contributed by atoms with van der Waals surface area (Å²) in [6, 6.07) is 14.8. The van der Waals surface area contributed by atoms with Crippen molar-refractivity contribution in [2.75, 3.05) is 14.2 Å². The SMILES string of the molecule is C=C=C(c1ccccc1CCC(C(=O)OC)C(=O)OC)S(=O)(=O)c1ccccc1. The quantitative estimate of drug-likeness (QED) is 0.375. The minimum absolute atomic E-state index is 0.0630. The number of sulfone groups is 1. The van der Waals surface area contributed by atoms with Gasteiger partial charge in [0, 0.05) is 5.56 Å². The Morgan fingerprint density at radius 1 is 0.966 bits per heavy atom. The average molecular weight is 414 g/mol. The van der Waals surface area contributed by atoms with E-state index >= 15 is 0 Å². The molecular formula is C22H22O6S.